The van der Waals surface area contributed by atoms with Crippen molar-refractivity contribution < 1.29 is 0 Å². The summed E-state index contributed by atoms with van der Waals surface area (Å²) in [4.78, 5) is 14.1. The molecule has 3 rings (SSSR count). The zero-order chi connectivity index (χ0) is 15.9. The summed E-state index contributed by atoms with van der Waals surface area (Å²) in [5, 5.41) is 2.18. The molecule has 124 valence electrons. The van der Waals surface area contributed by atoms with Gasteiger partial charge < -0.3 is 4.90 Å². The van der Waals surface area contributed by atoms with Crippen LogP contribution in [0.5, 0.6) is 0 Å². The molecule has 0 atom stereocenters. The molecule has 3 heterocycles. The van der Waals surface area contributed by atoms with Gasteiger partial charge >= 0.3 is 0 Å². The van der Waals surface area contributed by atoms with E-state index in [2.05, 4.69) is 44.2 Å². The van der Waals surface area contributed by atoms with Crippen molar-refractivity contribution in [3.05, 3.63) is 46.7 Å². The summed E-state index contributed by atoms with van der Waals surface area (Å²) in [6.45, 7) is 7.90. The van der Waals surface area contributed by atoms with E-state index in [-0.39, 0.29) is 0 Å². The van der Waals surface area contributed by atoms with E-state index in [0.717, 1.165) is 19.5 Å². The van der Waals surface area contributed by atoms with E-state index in [0.29, 0.717) is 6.04 Å². The maximum Gasteiger partial charge on any atom is 0.0795 e. The molecule has 0 N–H and O–H groups in total. The van der Waals surface area contributed by atoms with Gasteiger partial charge in [-0.25, -0.2) is 4.98 Å². The number of hydrogen-bond acceptors (Lipinski definition) is 5. The molecule has 0 spiro atoms. The quantitative estimate of drug-likeness (QED) is 0.781. The molecule has 23 heavy (non-hydrogen) atoms. The van der Waals surface area contributed by atoms with Crippen LogP contribution in [0.4, 0.5) is 0 Å². The zero-order valence-corrected chi connectivity index (χ0v) is 14.7. The Morgan fingerprint density at radius 2 is 2.09 bits per heavy atom. The van der Waals surface area contributed by atoms with Gasteiger partial charge in [-0.1, -0.05) is 13.0 Å². The number of nitrogens with zero attached hydrogens (tertiary/aromatic N) is 4. The second-order valence-corrected chi connectivity index (χ2v) is 6.91. The largest absolute Gasteiger partial charge is 0.303 e. The number of thiazole rings is 1. The molecule has 0 aliphatic carbocycles. The van der Waals surface area contributed by atoms with Crippen LogP contribution < -0.4 is 0 Å². The average Bonchev–Trinajstić information content (AvgIpc) is 3.13. The maximum atomic E-state index is 4.49. The minimum atomic E-state index is 0.670. The second-order valence-electron chi connectivity index (χ2n) is 6.19. The lowest BCUT2D eigenvalue weighted by Gasteiger charge is -2.38. The van der Waals surface area contributed by atoms with Crippen molar-refractivity contribution in [3.8, 4) is 0 Å². The predicted molar refractivity (Wildman–Crippen MR) is 95.6 cm³/mol. The molecule has 5 heteroatoms. The van der Waals surface area contributed by atoms with Gasteiger partial charge in [-0.05, 0) is 44.6 Å². The Morgan fingerprint density at radius 1 is 1.22 bits per heavy atom. The summed E-state index contributed by atoms with van der Waals surface area (Å²) in [6.07, 6.45) is 5.43. The molecule has 0 aromatic carbocycles. The van der Waals surface area contributed by atoms with Crippen LogP contribution in [0.3, 0.4) is 0 Å². The number of hydrogen-bond donors (Lipinski definition) is 0. The lowest BCUT2D eigenvalue weighted by molar-refractivity contribution is 0.105. The molecule has 1 aliphatic heterocycles. The first-order chi connectivity index (χ1) is 11.3. The highest BCUT2D eigenvalue weighted by Gasteiger charge is 2.24. The van der Waals surface area contributed by atoms with Crippen LogP contribution >= 0.6 is 11.3 Å². The molecular weight excluding hydrogens is 304 g/mol. The number of likely N-dealkylation sites (tertiary alicyclic amines) is 1. The summed E-state index contributed by atoms with van der Waals surface area (Å²) in [7, 11) is 0. The standard InChI is InChI=1S/C18H26N4S/c1-2-21-10-7-18(8-11-21)22(13-17-14-23-15-20-17)12-6-16-5-3-4-9-19-16/h3-5,9,14-15,18H,2,6-8,10-13H2,1H3. The van der Waals surface area contributed by atoms with Gasteiger partial charge in [0.1, 0.15) is 0 Å². The molecule has 2 aromatic rings. The molecule has 1 saturated heterocycles. The molecule has 2 aromatic heterocycles. The van der Waals surface area contributed by atoms with Gasteiger partial charge in [0.2, 0.25) is 0 Å². The van der Waals surface area contributed by atoms with Gasteiger partial charge in [-0.2, -0.15) is 0 Å². The summed E-state index contributed by atoms with van der Waals surface area (Å²) in [6, 6.07) is 6.85. The Bertz CT molecular complexity index is 550. The van der Waals surface area contributed by atoms with E-state index >= 15 is 0 Å². The lowest BCUT2D eigenvalue weighted by atomic mass is 10.0. The average molecular weight is 331 g/mol. The van der Waals surface area contributed by atoms with E-state index in [4.69, 9.17) is 0 Å². The first kappa shape index (κ1) is 16.6. The molecule has 0 amide bonds. The third kappa shape index (κ3) is 4.83. The van der Waals surface area contributed by atoms with Crippen LogP contribution in [0.2, 0.25) is 0 Å². The maximum absolute atomic E-state index is 4.49. The van der Waals surface area contributed by atoms with E-state index in [9.17, 15) is 0 Å². The van der Waals surface area contributed by atoms with Crippen LogP contribution in [-0.2, 0) is 13.0 Å². The van der Waals surface area contributed by atoms with Crippen LogP contribution in [0.1, 0.15) is 31.2 Å². The Morgan fingerprint density at radius 3 is 2.74 bits per heavy atom. The second kappa shape index (κ2) is 8.52. The van der Waals surface area contributed by atoms with Gasteiger partial charge in [0, 0.05) is 42.8 Å². The molecular formula is C18H26N4S. The van der Waals surface area contributed by atoms with Gasteiger partial charge in [-0.15, -0.1) is 11.3 Å². The van der Waals surface area contributed by atoms with Gasteiger partial charge in [-0.3, -0.25) is 9.88 Å². The molecule has 1 fully saturated rings. The molecule has 0 saturated carbocycles. The highest BCUT2D eigenvalue weighted by molar-refractivity contribution is 7.07. The normalized spacial score (nSPS) is 17.0. The Kier molecular flexibility index (Phi) is 6.13. The molecule has 0 radical (unpaired) electrons. The third-order valence-electron chi connectivity index (χ3n) is 4.75. The fraction of sp³-hybridized carbons (Fsp3) is 0.556. The minimum Gasteiger partial charge on any atom is -0.303 e. The molecule has 0 bridgehead atoms. The van der Waals surface area contributed by atoms with Crippen molar-refractivity contribution in [1.29, 1.82) is 0 Å². The van der Waals surface area contributed by atoms with E-state index in [1.54, 1.807) is 11.3 Å². The van der Waals surface area contributed by atoms with E-state index < -0.39 is 0 Å². The number of aromatic nitrogens is 2. The van der Waals surface area contributed by atoms with Crippen molar-refractivity contribution in [2.24, 2.45) is 0 Å². The van der Waals surface area contributed by atoms with Crippen molar-refractivity contribution in [2.75, 3.05) is 26.2 Å². The molecule has 1 aliphatic rings. The number of piperidine rings is 1. The van der Waals surface area contributed by atoms with Crippen molar-refractivity contribution >= 4 is 11.3 Å². The molecule has 4 nitrogen and oxygen atoms in total. The monoisotopic (exact) mass is 330 g/mol. The third-order valence-corrected chi connectivity index (χ3v) is 5.39. The summed E-state index contributed by atoms with van der Waals surface area (Å²) < 4.78 is 0. The van der Waals surface area contributed by atoms with Gasteiger partial charge in [0.15, 0.2) is 0 Å². The van der Waals surface area contributed by atoms with Gasteiger partial charge in [0.05, 0.1) is 11.2 Å². The van der Waals surface area contributed by atoms with Crippen molar-refractivity contribution in [1.82, 2.24) is 19.8 Å². The summed E-state index contributed by atoms with van der Waals surface area (Å²) in [5.74, 6) is 0. The first-order valence-corrected chi connectivity index (χ1v) is 9.53. The van der Waals surface area contributed by atoms with Crippen LogP contribution in [-0.4, -0.2) is 52.0 Å². The predicted octanol–water partition coefficient (Wildman–Crippen LogP) is 3.07. The van der Waals surface area contributed by atoms with Crippen molar-refractivity contribution in [3.63, 3.8) is 0 Å². The fourth-order valence-corrected chi connectivity index (χ4v) is 3.87. The smallest absolute Gasteiger partial charge is 0.0795 e. The summed E-state index contributed by atoms with van der Waals surface area (Å²) in [5.41, 5.74) is 4.32. The zero-order valence-electron chi connectivity index (χ0n) is 13.9. The Hall–Kier alpha value is -1.30. The fourth-order valence-electron chi connectivity index (χ4n) is 3.32. The van der Waals surface area contributed by atoms with E-state index in [1.807, 2.05) is 17.8 Å². The Labute approximate surface area is 143 Å². The SMILES string of the molecule is CCN1CCC(N(CCc2ccccn2)Cc2cscn2)CC1. The van der Waals surface area contributed by atoms with Crippen molar-refractivity contribution in [2.45, 2.75) is 38.8 Å². The lowest BCUT2D eigenvalue weighted by Crippen LogP contribution is -2.45. The molecule has 0 unspecified atom stereocenters. The Balaban J connectivity index is 1.61. The number of pyridine rings is 1. The highest BCUT2D eigenvalue weighted by Crippen LogP contribution is 2.19. The van der Waals surface area contributed by atoms with Gasteiger partial charge in [0.25, 0.3) is 0 Å². The van der Waals surface area contributed by atoms with Crippen LogP contribution in [0.15, 0.2) is 35.3 Å². The summed E-state index contributed by atoms with van der Waals surface area (Å²) >= 11 is 1.69. The van der Waals surface area contributed by atoms with Crippen LogP contribution in [0.25, 0.3) is 0 Å². The minimum absolute atomic E-state index is 0.670. The topological polar surface area (TPSA) is 32.3 Å². The highest BCUT2D eigenvalue weighted by atomic mass is 32.1. The van der Waals surface area contributed by atoms with E-state index in [1.165, 1.54) is 43.9 Å². The van der Waals surface area contributed by atoms with Crippen LogP contribution in [0, 0.1) is 0 Å². The number of rotatable bonds is 7. The first-order valence-electron chi connectivity index (χ1n) is 8.58.